The van der Waals surface area contributed by atoms with E-state index in [2.05, 4.69) is 15.5 Å². The Hall–Kier alpha value is -1.24. The molecule has 1 fully saturated rings. The largest absolute Gasteiger partial charge is 0.497 e. The maximum absolute atomic E-state index is 11.8. The van der Waals surface area contributed by atoms with Crippen molar-refractivity contribution in [3.63, 3.8) is 0 Å². The molecule has 1 aliphatic heterocycles. The van der Waals surface area contributed by atoms with Crippen molar-refractivity contribution in [3.8, 4) is 5.75 Å². The highest BCUT2D eigenvalue weighted by atomic mass is 32.2. The monoisotopic (exact) mass is 309 g/mol. The number of carbonyl (C=O) groups is 1. The number of benzene rings is 1. The van der Waals surface area contributed by atoms with Crippen LogP contribution in [0.1, 0.15) is 0 Å². The van der Waals surface area contributed by atoms with E-state index in [0.717, 1.165) is 37.6 Å². The molecule has 1 aromatic rings. The topological polar surface area (TPSA) is 53.6 Å². The molecule has 5 nitrogen and oxygen atoms in total. The molecule has 0 unspecified atom stereocenters. The molecule has 0 bridgehead atoms. The van der Waals surface area contributed by atoms with Gasteiger partial charge in [-0.15, -0.1) is 0 Å². The van der Waals surface area contributed by atoms with Crippen molar-refractivity contribution in [1.82, 2.24) is 10.2 Å². The SMILES string of the molecule is COc1cccc(NC(=O)CNCCN2CCSCC2)c1. The van der Waals surface area contributed by atoms with E-state index in [1.54, 1.807) is 7.11 Å². The van der Waals surface area contributed by atoms with E-state index < -0.39 is 0 Å². The minimum Gasteiger partial charge on any atom is -0.497 e. The Morgan fingerprint density at radius 1 is 1.38 bits per heavy atom. The number of hydrogen-bond acceptors (Lipinski definition) is 5. The summed E-state index contributed by atoms with van der Waals surface area (Å²) < 4.78 is 5.13. The van der Waals surface area contributed by atoms with Crippen molar-refractivity contribution in [1.29, 1.82) is 0 Å². The molecule has 1 heterocycles. The number of amides is 1. The van der Waals surface area contributed by atoms with Gasteiger partial charge in [-0.1, -0.05) is 6.07 Å². The minimum atomic E-state index is -0.0301. The number of carbonyl (C=O) groups excluding carboxylic acids is 1. The zero-order valence-corrected chi connectivity index (χ0v) is 13.2. The lowest BCUT2D eigenvalue weighted by Gasteiger charge is -2.25. The molecule has 6 heteroatoms. The van der Waals surface area contributed by atoms with Gasteiger partial charge in [0.15, 0.2) is 0 Å². The molecule has 1 saturated heterocycles. The van der Waals surface area contributed by atoms with Gasteiger partial charge in [0.25, 0.3) is 0 Å². The Morgan fingerprint density at radius 2 is 2.19 bits per heavy atom. The first-order valence-corrected chi connectivity index (χ1v) is 8.38. The fourth-order valence-corrected chi connectivity index (χ4v) is 3.15. The summed E-state index contributed by atoms with van der Waals surface area (Å²) in [5.41, 5.74) is 0.759. The Bertz CT molecular complexity index is 450. The Labute approximate surface area is 130 Å². The van der Waals surface area contributed by atoms with Crippen LogP contribution >= 0.6 is 11.8 Å². The second-order valence-corrected chi connectivity index (χ2v) is 6.14. The molecule has 0 saturated carbocycles. The van der Waals surface area contributed by atoms with E-state index in [-0.39, 0.29) is 5.91 Å². The zero-order chi connectivity index (χ0) is 14.9. The summed E-state index contributed by atoms with van der Waals surface area (Å²) in [6.45, 7) is 4.49. The Kier molecular flexibility index (Phi) is 6.85. The van der Waals surface area contributed by atoms with Gasteiger partial charge in [0.1, 0.15) is 5.75 Å². The second-order valence-electron chi connectivity index (χ2n) is 4.91. The van der Waals surface area contributed by atoms with E-state index in [4.69, 9.17) is 4.74 Å². The number of methoxy groups -OCH3 is 1. The van der Waals surface area contributed by atoms with Gasteiger partial charge in [-0.2, -0.15) is 11.8 Å². The second kappa shape index (κ2) is 8.92. The smallest absolute Gasteiger partial charge is 0.238 e. The molecular formula is C15H23N3O2S. The summed E-state index contributed by atoms with van der Waals surface area (Å²) in [4.78, 5) is 14.3. The van der Waals surface area contributed by atoms with Gasteiger partial charge < -0.3 is 20.3 Å². The summed E-state index contributed by atoms with van der Waals surface area (Å²) in [6, 6.07) is 7.37. The van der Waals surface area contributed by atoms with Crippen molar-refractivity contribution < 1.29 is 9.53 Å². The van der Waals surface area contributed by atoms with Crippen LogP contribution in [0.15, 0.2) is 24.3 Å². The maximum atomic E-state index is 11.8. The maximum Gasteiger partial charge on any atom is 0.238 e. The molecule has 0 spiro atoms. The first-order chi connectivity index (χ1) is 10.3. The molecule has 21 heavy (non-hydrogen) atoms. The Morgan fingerprint density at radius 3 is 2.95 bits per heavy atom. The number of hydrogen-bond donors (Lipinski definition) is 2. The fraction of sp³-hybridized carbons (Fsp3) is 0.533. The third-order valence-electron chi connectivity index (χ3n) is 3.35. The summed E-state index contributed by atoms with van der Waals surface area (Å²) in [5.74, 6) is 3.15. The average Bonchev–Trinajstić information content (AvgIpc) is 2.53. The summed E-state index contributed by atoms with van der Waals surface area (Å²) in [7, 11) is 1.61. The lowest BCUT2D eigenvalue weighted by molar-refractivity contribution is -0.115. The van der Waals surface area contributed by atoms with E-state index in [9.17, 15) is 4.79 Å². The van der Waals surface area contributed by atoms with Gasteiger partial charge in [-0.05, 0) is 12.1 Å². The fourth-order valence-electron chi connectivity index (χ4n) is 2.17. The standard InChI is InChI=1S/C15H23N3O2S/c1-20-14-4-2-3-13(11-14)17-15(19)12-16-5-6-18-7-9-21-10-8-18/h2-4,11,16H,5-10,12H2,1H3,(H,17,19). The van der Waals surface area contributed by atoms with Gasteiger partial charge in [0.05, 0.1) is 13.7 Å². The highest BCUT2D eigenvalue weighted by molar-refractivity contribution is 7.99. The van der Waals surface area contributed by atoms with Crippen LogP contribution in [0.5, 0.6) is 5.75 Å². The molecule has 1 aliphatic rings. The van der Waals surface area contributed by atoms with Gasteiger partial charge in [0.2, 0.25) is 5.91 Å². The molecule has 0 radical (unpaired) electrons. The predicted octanol–water partition coefficient (Wildman–Crippen LogP) is 1.27. The quantitative estimate of drug-likeness (QED) is 0.743. The first-order valence-electron chi connectivity index (χ1n) is 7.22. The lowest BCUT2D eigenvalue weighted by atomic mass is 10.3. The molecule has 0 atom stereocenters. The molecule has 1 amide bonds. The third-order valence-corrected chi connectivity index (χ3v) is 4.29. The van der Waals surface area contributed by atoms with Gasteiger partial charge in [-0.25, -0.2) is 0 Å². The summed E-state index contributed by atoms with van der Waals surface area (Å²) >= 11 is 2.01. The molecule has 2 rings (SSSR count). The van der Waals surface area contributed by atoms with Gasteiger partial charge in [0, 0.05) is 49.4 Å². The van der Waals surface area contributed by atoms with Crippen molar-refractivity contribution in [2.45, 2.75) is 0 Å². The number of ether oxygens (including phenoxy) is 1. The Balaban J connectivity index is 1.62. The van der Waals surface area contributed by atoms with Crippen LogP contribution in [0, 0.1) is 0 Å². The molecule has 0 aliphatic carbocycles. The van der Waals surface area contributed by atoms with Crippen LogP contribution in [0.25, 0.3) is 0 Å². The van der Waals surface area contributed by atoms with E-state index in [0.29, 0.717) is 6.54 Å². The number of anilines is 1. The van der Waals surface area contributed by atoms with Crippen LogP contribution in [-0.2, 0) is 4.79 Å². The van der Waals surface area contributed by atoms with Gasteiger partial charge in [-0.3, -0.25) is 4.79 Å². The minimum absolute atomic E-state index is 0.0301. The molecule has 2 N–H and O–H groups in total. The molecular weight excluding hydrogens is 286 g/mol. The van der Waals surface area contributed by atoms with Crippen LogP contribution in [0.4, 0.5) is 5.69 Å². The molecule has 1 aromatic carbocycles. The zero-order valence-electron chi connectivity index (χ0n) is 12.4. The number of nitrogens with one attached hydrogen (secondary N) is 2. The third kappa shape index (κ3) is 5.95. The van der Waals surface area contributed by atoms with Crippen molar-refractivity contribution in [2.24, 2.45) is 0 Å². The average molecular weight is 309 g/mol. The van der Waals surface area contributed by atoms with E-state index in [1.807, 2.05) is 36.0 Å². The lowest BCUT2D eigenvalue weighted by Crippen LogP contribution is -2.39. The van der Waals surface area contributed by atoms with Crippen LogP contribution in [0.2, 0.25) is 0 Å². The number of rotatable bonds is 7. The highest BCUT2D eigenvalue weighted by Gasteiger charge is 2.09. The van der Waals surface area contributed by atoms with E-state index in [1.165, 1.54) is 11.5 Å². The van der Waals surface area contributed by atoms with Crippen molar-refractivity contribution in [2.75, 3.05) is 56.7 Å². The normalized spacial score (nSPS) is 15.7. The highest BCUT2D eigenvalue weighted by Crippen LogP contribution is 2.16. The van der Waals surface area contributed by atoms with Gasteiger partial charge >= 0.3 is 0 Å². The van der Waals surface area contributed by atoms with Crippen molar-refractivity contribution in [3.05, 3.63) is 24.3 Å². The summed E-state index contributed by atoms with van der Waals surface area (Å²) in [6.07, 6.45) is 0. The first kappa shape index (κ1) is 16.1. The number of thioether (sulfide) groups is 1. The van der Waals surface area contributed by atoms with E-state index >= 15 is 0 Å². The van der Waals surface area contributed by atoms with Crippen LogP contribution in [0.3, 0.4) is 0 Å². The summed E-state index contributed by atoms with van der Waals surface area (Å²) in [5, 5.41) is 6.05. The predicted molar refractivity (Wildman–Crippen MR) is 88.3 cm³/mol. The van der Waals surface area contributed by atoms with Crippen LogP contribution in [-0.4, -0.2) is 62.1 Å². The van der Waals surface area contributed by atoms with Crippen LogP contribution < -0.4 is 15.4 Å². The molecule has 116 valence electrons. The van der Waals surface area contributed by atoms with Crippen molar-refractivity contribution >= 4 is 23.4 Å². The number of nitrogens with zero attached hydrogens (tertiary/aromatic N) is 1. The molecule has 0 aromatic heterocycles.